The van der Waals surface area contributed by atoms with E-state index in [1.165, 1.54) is 20.3 Å². The third-order valence-electron chi connectivity index (χ3n) is 5.77. The van der Waals surface area contributed by atoms with Gasteiger partial charge in [0.05, 0.1) is 14.2 Å². The second kappa shape index (κ2) is 7.73. The van der Waals surface area contributed by atoms with Gasteiger partial charge >= 0.3 is 6.18 Å². The van der Waals surface area contributed by atoms with Gasteiger partial charge in [0.2, 0.25) is 0 Å². The zero-order valence-electron chi connectivity index (χ0n) is 16.6. The second-order valence-corrected chi connectivity index (χ2v) is 7.57. The predicted molar refractivity (Wildman–Crippen MR) is 104 cm³/mol. The predicted octanol–water partition coefficient (Wildman–Crippen LogP) is 4.24. The van der Waals surface area contributed by atoms with Crippen LogP contribution in [0.2, 0.25) is 0 Å². The van der Waals surface area contributed by atoms with Gasteiger partial charge in [-0.05, 0) is 25.0 Å². The Hall–Kier alpha value is -2.91. The van der Waals surface area contributed by atoms with Gasteiger partial charge < -0.3 is 20.1 Å². The summed E-state index contributed by atoms with van der Waals surface area (Å²) in [5, 5.41) is 9.84. The van der Waals surface area contributed by atoms with Crippen molar-refractivity contribution < 1.29 is 27.4 Å². The van der Waals surface area contributed by atoms with E-state index in [1.807, 2.05) is 0 Å². The lowest BCUT2D eigenvalue weighted by atomic mass is 9.78. The molecule has 2 N–H and O–H groups in total. The quantitative estimate of drug-likeness (QED) is 0.768. The number of fused-ring (bicyclic) bond motifs is 2. The van der Waals surface area contributed by atoms with Gasteiger partial charge in [-0.2, -0.15) is 18.3 Å². The van der Waals surface area contributed by atoms with Crippen LogP contribution >= 0.6 is 0 Å². The van der Waals surface area contributed by atoms with Crippen molar-refractivity contribution in [1.29, 1.82) is 0 Å². The molecule has 2 aromatic rings. The van der Waals surface area contributed by atoms with E-state index in [0.717, 1.165) is 17.5 Å². The van der Waals surface area contributed by atoms with Crippen LogP contribution in [0.5, 0.6) is 11.5 Å². The number of carbonyl (C=O) groups excluding carboxylic acids is 1. The van der Waals surface area contributed by atoms with Gasteiger partial charge in [0.15, 0.2) is 23.2 Å². The molecule has 10 heteroatoms. The summed E-state index contributed by atoms with van der Waals surface area (Å²) in [7, 11) is 2.96. The lowest BCUT2D eigenvalue weighted by Crippen LogP contribution is -2.48. The van der Waals surface area contributed by atoms with E-state index in [9.17, 15) is 18.0 Å². The average molecular weight is 424 g/mol. The Bertz CT molecular complexity index is 944. The van der Waals surface area contributed by atoms with E-state index < -0.39 is 24.0 Å². The Morgan fingerprint density at radius 1 is 1.17 bits per heavy atom. The van der Waals surface area contributed by atoms with Gasteiger partial charge in [0.25, 0.3) is 5.91 Å². The number of nitrogens with one attached hydrogen (secondary N) is 2. The fraction of sp³-hybridized carbons (Fsp3) is 0.500. The third kappa shape index (κ3) is 3.66. The molecule has 3 atom stereocenters. The molecule has 4 rings (SSSR count). The summed E-state index contributed by atoms with van der Waals surface area (Å²) in [5.74, 6) is -0.0595. The number of alkyl halides is 3. The molecule has 2 heterocycles. The van der Waals surface area contributed by atoms with E-state index in [1.54, 1.807) is 18.2 Å². The molecule has 0 unspecified atom stereocenters. The molecular formula is C20H23F3N4O3. The van der Waals surface area contributed by atoms with Gasteiger partial charge in [-0.1, -0.05) is 12.8 Å². The maximum absolute atomic E-state index is 13.9. The zero-order valence-corrected chi connectivity index (χ0v) is 16.6. The minimum absolute atomic E-state index is 0.0832. The van der Waals surface area contributed by atoms with Crippen molar-refractivity contribution in [3.8, 4) is 11.5 Å². The number of hydrogen-bond acceptors (Lipinski definition) is 5. The number of carbonyl (C=O) groups is 1. The number of benzene rings is 1. The van der Waals surface area contributed by atoms with E-state index in [4.69, 9.17) is 9.47 Å². The highest BCUT2D eigenvalue weighted by Gasteiger charge is 2.52. The summed E-state index contributed by atoms with van der Waals surface area (Å²) in [5.41, 5.74) is 0.331. The molecule has 2 aliphatic rings. The van der Waals surface area contributed by atoms with Crippen molar-refractivity contribution in [3.63, 3.8) is 0 Å². The fourth-order valence-electron chi connectivity index (χ4n) is 4.40. The first-order chi connectivity index (χ1) is 14.3. The van der Waals surface area contributed by atoms with Crippen molar-refractivity contribution in [3.05, 3.63) is 30.0 Å². The minimum atomic E-state index is -4.44. The highest BCUT2D eigenvalue weighted by molar-refractivity contribution is 6.03. The molecule has 0 saturated heterocycles. The van der Waals surface area contributed by atoms with Crippen molar-refractivity contribution in [1.82, 2.24) is 9.78 Å². The molecule has 1 fully saturated rings. The molecule has 0 bridgehead atoms. The minimum Gasteiger partial charge on any atom is -0.493 e. The first kappa shape index (κ1) is 20.4. The number of hydrogen-bond donors (Lipinski definition) is 2. The first-order valence-corrected chi connectivity index (χ1v) is 9.78. The second-order valence-electron chi connectivity index (χ2n) is 7.57. The summed E-state index contributed by atoms with van der Waals surface area (Å²) in [6, 6.07) is 4.18. The normalized spacial score (nSPS) is 23.0. The lowest BCUT2D eigenvalue weighted by Gasteiger charge is -2.43. The summed E-state index contributed by atoms with van der Waals surface area (Å²) < 4.78 is 53.0. The summed E-state index contributed by atoms with van der Waals surface area (Å²) in [4.78, 5) is 12.7. The number of nitrogens with zero attached hydrogens (tertiary/aromatic N) is 2. The first-order valence-electron chi connectivity index (χ1n) is 9.78. The third-order valence-corrected chi connectivity index (χ3v) is 5.77. The molecule has 0 spiro atoms. The van der Waals surface area contributed by atoms with Crippen LogP contribution in [0.3, 0.4) is 0 Å². The van der Waals surface area contributed by atoms with Crippen LogP contribution in [0.4, 0.5) is 24.7 Å². The van der Waals surface area contributed by atoms with Crippen LogP contribution in [0.1, 0.15) is 42.2 Å². The summed E-state index contributed by atoms with van der Waals surface area (Å²) in [6.45, 7) is 0. The summed E-state index contributed by atoms with van der Waals surface area (Å²) >= 11 is 0. The standard InChI is InChI=1S/C20H23F3N4O3/c1-29-15-8-7-11(9-16(15)30-2)24-19(28)14-10-17-25-13-6-4-3-5-12(13)18(20(21,22)23)27(17)26-14/h7-10,12-13,18,25H,3-6H2,1-2H3,(H,24,28)/t12-,13-,18+/m1/s1. The molecule has 1 aromatic carbocycles. The molecule has 1 aromatic heterocycles. The number of rotatable bonds is 4. The molecule has 162 valence electrons. The van der Waals surface area contributed by atoms with Crippen LogP contribution in [-0.4, -0.2) is 42.1 Å². The molecule has 1 aliphatic heterocycles. The maximum atomic E-state index is 13.9. The van der Waals surface area contributed by atoms with Gasteiger partial charge in [-0.3, -0.25) is 4.79 Å². The van der Waals surface area contributed by atoms with Crippen LogP contribution in [-0.2, 0) is 0 Å². The number of anilines is 2. The van der Waals surface area contributed by atoms with Crippen molar-refractivity contribution >= 4 is 17.4 Å². The highest BCUT2D eigenvalue weighted by Crippen LogP contribution is 2.47. The molecule has 30 heavy (non-hydrogen) atoms. The Kier molecular flexibility index (Phi) is 5.25. The average Bonchev–Trinajstić information content (AvgIpc) is 3.14. The van der Waals surface area contributed by atoms with Gasteiger partial charge in [0.1, 0.15) is 5.82 Å². The Labute approximate surface area is 171 Å². The SMILES string of the molecule is COc1ccc(NC(=O)c2cc3n(n2)[C@H](C(F)(F)F)[C@@H]2CCCC[C@H]2N3)cc1OC. The van der Waals surface area contributed by atoms with Crippen molar-refractivity contribution in [2.75, 3.05) is 24.9 Å². The number of methoxy groups -OCH3 is 2. The molecule has 1 aliphatic carbocycles. The monoisotopic (exact) mass is 424 g/mol. The smallest absolute Gasteiger partial charge is 0.411 e. The topological polar surface area (TPSA) is 77.4 Å². The van der Waals surface area contributed by atoms with Gasteiger partial charge in [0, 0.05) is 29.8 Å². The fourth-order valence-corrected chi connectivity index (χ4v) is 4.40. The Morgan fingerprint density at radius 2 is 1.90 bits per heavy atom. The zero-order chi connectivity index (χ0) is 21.5. The van der Waals surface area contributed by atoms with Crippen LogP contribution in [0.15, 0.2) is 24.3 Å². The maximum Gasteiger partial charge on any atom is 0.411 e. The number of aromatic nitrogens is 2. The molecule has 1 amide bonds. The lowest BCUT2D eigenvalue weighted by molar-refractivity contribution is -0.189. The highest BCUT2D eigenvalue weighted by atomic mass is 19.4. The van der Waals surface area contributed by atoms with Gasteiger partial charge in [-0.25, -0.2) is 4.68 Å². The van der Waals surface area contributed by atoms with Gasteiger partial charge in [-0.15, -0.1) is 0 Å². The van der Waals surface area contributed by atoms with E-state index in [2.05, 4.69) is 15.7 Å². The molecule has 1 saturated carbocycles. The largest absolute Gasteiger partial charge is 0.493 e. The molecule has 7 nitrogen and oxygen atoms in total. The number of halogens is 3. The Morgan fingerprint density at radius 3 is 2.60 bits per heavy atom. The molecule has 0 radical (unpaired) electrons. The van der Waals surface area contributed by atoms with E-state index in [0.29, 0.717) is 30.0 Å². The van der Waals surface area contributed by atoms with Crippen molar-refractivity contribution in [2.24, 2.45) is 5.92 Å². The van der Waals surface area contributed by atoms with Crippen LogP contribution in [0, 0.1) is 5.92 Å². The van der Waals surface area contributed by atoms with E-state index in [-0.39, 0.29) is 17.6 Å². The summed E-state index contributed by atoms with van der Waals surface area (Å²) in [6.07, 6.45) is -1.64. The molecular weight excluding hydrogens is 401 g/mol. The van der Waals surface area contributed by atoms with Crippen LogP contribution < -0.4 is 20.1 Å². The number of ether oxygens (including phenoxy) is 2. The van der Waals surface area contributed by atoms with E-state index >= 15 is 0 Å². The Balaban J connectivity index is 1.61. The van der Waals surface area contributed by atoms with Crippen LogP contribution in [0.25, 0.3) is 0 Å². The van der Waals surface area contributed by atoms with Crippen molar-refractivity contribution in [2.45, 2.75) is 43.9 Å². The number of amides is 1.